The van der Waals surface area contributed by atoms with Gasteiger partial charge in [-0.25, -0.2) is 14.4 Å². The Morgan fingerprint density at radius 2 is 1.07 bits per heavy atom. The summed E-state index contributed by atoms with van der Waals surface area (Å²) in [5.41, 5.74) is 0. The fourth-order valence-electron chi connectivity index (χ4n) is 3.74. The van der Waals surface area contributed by atoms with Gasteiger partial charge in [0.2, 0.25) is 23.6 Å². The fraction of sp³-hybridized carbons (Fsp3) is 0.615. The van der Waals surface area contributed by atoms with Gasteiger partial charge in [0, 0.05) is 32.7 Å². The number of rotatable bonds is 23. The quantitative estimate of drug-likeness (QED) is 0.0503. The van der Waals surface area contributed by atoms with Gasteiger partial charge in [0.15, 0.2) is 5.78 Å². The minimum Gasteiger partial charge on any atom is -0.480 e. The molecule has 0 rings (SSSR count). The minimum atomic E-state index is -1.51. The van der Waals surface area contributed by atoms with Crippen LogP contribution in [0.2, 0.25) is 0 Å². The topological polar surface area (TPSA) is 257 Å². The summed E-state index contributed by atoms with van der Waals surface area (Å²) in [6.07, 6.45) is 1.05. The average Bonchev–Trinajstić information content (AvgIpc) is 2.91. The van der Waals surface area contributed by atoms with E-state index in [4.69, 9.17) is 5.11 Å². The molecule has 0 aliphatic rings. The number of likely N-dealkylation sites (N-methyl/N-ethyl adjacent to an activating group) is 1. The maximum atomic E-state index is 12.3. The highest BCUT2D eigenvalue weighted by Crippen LogP contribution is 2.06. The molecule has 0 radical (unpaired) electrons. The molecule has 0 saturated heterocycles. The van der Waals surface area contributed by atoms with Crippen molar-refractivity contribution in [2.45, 2.75) is 88.9 Å². The van der Waals surface area contributed by atoms with E-state index in [1.165, 1.54) is 6.08 Å². The number of aliphatic carboxylic acids is 3. The fourth-order valence-corrected chi connectivity index (χ4v) is 3.74. The number of nitrogens with one attached hydrogen (secondary N) is 5. The zero-order valence-corrected chi connectivity index (χ0v) is 23.8. The van der Waals surface area contributed by atoms with Crippen LogP contribution < -0.4 is 26.6 Å². The molecule has 0 saturated carbocycles. The third kappa shape index (κ3) is 16.7. The van der Waals surface area contributed by atoms with Crippen molar-refractivity contribution in [1.82, 2.24) is 26.6 Å². The number of carbonyl (C=O) groups excluding carboxylic acids is 5. The van der Waals surface area contributed by atoms with Crippen LogP contribution in [0.4, 0.5) is 0 Å². The van der Waals surface area contributed by atoms with Gasteiger partial charge in [0.05, 0.1) is 6.04 Å². The van der Waals surface area contributed by atoms with Crippen molar-refractivity contribution in [2.24, 2.45) is 0 Å². The maximum absolute atomic E-state index is 12.3. The summed E-state index contributed by atoms with van der Waals surface area (Å²) in [7, 11) is 1.66. The van der Waals surface area contributed by atoms with E-state index in [2.05, 4.69) is 33.2 Å². The molecule has 0 heterocycles. The molecule has 0 aliphatic heterocycles. The van der Waals surface area contributed by atoms with E-state index >= 15 is 0 Å². The zero-order valence-electron chi connectivity index (χ0n) is 23.8. The Hall–Kier alpha value is -4.34. The van der Waals surface area contributed by atoms with E-state index in [1.807, 2.05) is 0 Å². The Morgan fingerprint density at radius 1 is 0.643 bits per heavy atom. The van der Waals surface area contributed by atoms with Gasteiger partial charge in [0.25, 0.3) is 0 Å². The van der Waals surface area contributed by atoms with Crippen molar-refractivity contribution in [1.29, 1.82) is 0 Å². The summed E-state index contributed by atoms with van der Waals surface area (Å²) in [5.74, 6) is -7.03. The molecule has 4 amide bonds. The molecule has 4 unspecified atom stereocenters. The van der Waals surface area contributed by atoms with Crippen LogP contribution in [0, 0.1) is 0 Å². The molecule has 42 heavy (non-hydrogen) atoms. The molecule has 0 aromatic rings. The largest absolute Gasteiger partial charge is 0.480 e. The number of hydrogen-bond donors (Lipinski definition) is 8. The highest BCUT2D eigenvalue weighted by atomic mass is 16.4. The Kier molecular flexibility index (Phi) is 18.4. The number of amides is 4. The van der Waals surface area contributed by atoms with Crippen LogP contribution in [0.25, 0.3) is 0 Å². The first-order valence-electron chi connectivity index (χ1n) is 13.4. The number of ketones is 1. The van der Waals surface area contributed by atoms with Crippen molar-refractivity contribution < 1.29 is 53.7 Å². The highest BCUT2D eigenvalue weighted by Gasteiger charge is 2.26. The van der Waals surface area contributed by atoms with Gasteiger partial charge in [-0.05, 0) is 51.6 Å². The second-order valence-corrected chi connectivity index (χ2v) is 9.42. The lowest BCUT2D eigenvalue weighted by Crippen LogP contribution is -2.45. The Bertz CT molecular complexity index is 1000. The summed E-state index contributed by atoms with van der Waals surface area (Å²) in [6, 6.07) is -4.63. The molecule has 0 bridgehead atoms. The average molecular weight is 600 g/mol. The standard InChI is InChI=1S/C26H41N5O11/c1-4-20(33)16(27-3)7-5-6-14-28-21(34)11-8-18(25(39)40)30-23(36)13-10-19(26(41)42)31-22(35)12-9-17(24(37)38)29-15(2)32/h4,16-19,27H,1,5-14H2,2-3H3,(H,28,34)(H,29,32)(H,30,36)(H,31,35)(H,37,38)(H,39,40)(H,41,42). The lowest BCUT2D eigenvalue weighted by atomic mass is 10.1. The van der Waals surface area contributed by atoms with Crippen molar-refractivity contribution in [2.75, 3.05) is 13.6 Å². The monoisotopic (exact) mass is 599 g/mol. The number of carbonyl (C=O) groups is 8. The van der Waals surface area contributed by atoms with E-state index in [0.717, 1.165) is 6.92 Å². The van der Waals surface area contributed by atoms with Gasteiger partial charge in [-0.2, -0.15) is 0 Å². The lowest BCUT2D eigenvalue weighted by molar-refractivity contribution is -0.144. The van der Waals surface area contributed by atoms with Gasteiger partial charge in [-0.1, -0.05) is 6.58 Å². The Morgan fingerprint density at radius 3 is 1.45 bits per heavy atom. The second kappa shape index (κ2) is 20.5. The van der Waals surface area contributed by atoms with Crippen LogP contribution in [0.5, 0.6) is 0 Å². The SMILES string of the molecule is C=CC(=O)C(CCCCNC(=O)CCC(NC(=O)CCC(NC(=O)CCC(NC(C)=O)C(=O)O)C(=O)O)C(=O)O)NC. The van der Waals surface area contributed by atoms with Gasteiger partial charge in [-0.3, -0.25) is 24.0 Å². The third-order valence-electron chi connectivity index (χ3n) is 6.06. The second-order valence-electron chi connectivity index (χ2n) is 9.42. The Balaban J connectivity index is 4.61. The van der Waals surface area contributed by atoms with E-state index in [0.29, 0.717) is 25.8 Å². The molecule has 0 spiro atoms. The van der Waals surface area contributed by atoms with Crippen LogP contribution in [-0.2, 0) is 38.4 Å². The van der Waals surface area contributed by atoms with Crippen LogP contribution in [0.3, 0.4) is 0 Å². The molecule has 16 heteroatoms. The van der Waals surface area contributed by atoms with Crippen molar-refractivity contribution in [3.63, 3.8) is 0 Å². The van der Waals surface area contributed by atoms with Crippen molar-refractivity contribution in [3.8, 4) is 0 Å². The Labute approximate surface area is 243 Å². The highest BCUT2D eigenvalue weighted by molar-refractivity contribution is 5.93. The summed E-state index contributed by atoms with van der Waals surface area (Å²) < 4.78 is 0. The van der Waals surface area contributed by atoms with Crippen molar-refractivity contribution in [3.05, 3.63) is 12.7 Å². The normalized spacial score (nSPS) is 13.4. The zero-order chi connectivity index (χ0) is 32.2. The van der Waals surface area contributed by atoms with Gasteiger partial charge < -0.3 is 41.9 Å². The van der Waals surface area contributed by atoms with Crippen LogP contribution >= 0.6 is 0 Å². The molecule has 236 valence electrons. The number of carboxylic acid groups (broad SMARTS) is 3. The maximum Gasteiger partial charge on any atom is 0.326 e. The molecular formula is C26H41N5O11. The first-order valence-corrected chi connectivity index (χ1v) is 13.4. The summed E-state index contributed by atoms with van der Waals surface area (Å²) in [4.78, 5) is 93.4. The minimum absolute atomic E-state index is 0.127. The van der Waals surface area contributed by atoms with Gasteiger partial charge in [-0.15, -0.1) is 0 Å². The van der Waals surface area contributed by atoms with Crippen molar-refractivity contribution >= 4 is 47.3 Å². The van der Waals surface area contributed by atoms with Gasteiger partial charge in [0.1, 0.15) is 18.1 Å². The van der Waals surface area contributed by atoms with E-state index in [-0.39, 0.29) is 37.5 Å². The number of unbranched alkanes of at least 4 members (excludes halogenated alkanes) is 1. The predicted molar refractivity (Wildman–Crippen MR) is 147 cm³/mol. The summed E-state index contributed by atoms with van der Waals surface area (Å²) >= 11 is 0. The smallest absolute Gasteiger partial charge is 0.326 e. The van der Waals surface area contributed by atoms with E-state index < -0.39 is 72.5 Å². The molecular weight excluding hydrogens is 558 g/mol. The van der Waals surface area contributed by atoms with Gasteiger partial charge >= 0.3 is 17.9 Å². The molecule has 0 aromatic heterocycles. The number of hydrogen-bond acceptors (Lipinski definition) is 9. The molecule has 0 aromatic carbocycles. The first kappa shape index (κ1) is 37.7. The summed E-state index contributed by atoms with van der Waals surface area (Å²) in [5, 5.41) is 39.9. The molecule has 8 N–H and O–H groups in total. The van der Waals surface area contributed by atoms with Crippen LogP contribution in [0.1, 0.15) is 64.7 Å². The van der Waals surface area contributed by atoms with E-state index in [9.17, 15) is 48.6 Å². The first-order chi connectivity index (χ1) is 19.7. The molecule has 0 aliphatic carbocycles. The molecule has 0 fully saturated rings. The molecule has 4 atom stereocenters. The predicted octanol–water partition coefficient (Wildman–Crippen LogP) is -1.32. The molecule has 16 nitrogen and oxygen atoms in total. The lowest BCUT2D eigenvalue weighted by Gasteiger charge is -2.18. The third-order valence-corrected chi connectivity index (χ3v) is 6.06. The summed E-state index contributed by atoms with van der Waals surface area (Å²) in [6.45, 7) is 4.86. The van der Waals surface area contributed by atoms with Crippen LogP contribution in [0.15, 0.2) is 12.7 Å². The van der Waals surface area contributed by atoms with Crippen LogP contribution in [-0.4, -0.2) is 100 Å². The van der Waals surface area contributed by atoms with E-state index in [1.54, 1.807) is 7.05 Å². The number of carboxylic acids is 3.